The lowest BCUT2D eigenvalue weighted by atomic mass is 10.2. The van der Waals surface area contributed by atoms with E-state index in [4.69, 9.17) is 25.0 Å². The fourth-order valence-corrected chi connectivity index (χ4v) is 3.37. The van der Waals surface area contributed by atoms with Gasteiger partial charge in [0.05, 0.1) is 26.5 Å². The number of methoxy groups -OCH3 is 2. The Bertz CT molecular complexity index is 1180. The normalized spacial score (nSPS) is 12.0. The van der Waals surface area contributed by atoms with Crippen molar-refractivity contribution in [3.05, 3.63) is 60.4 Å². The van der Waals surface area contributed by atoms with Crippen molar-refractivity contribution in [1.29, 1.82) is 0 Å². The summed E-state index contributed by atoms with van der Waals surface area (Å²) >= 11 is 0. The van der Waals surface area contributed by atoms with Crippen LogP contribution in [0.5, 0.6) is 17.2 Å². The highest BCUT2D eigenvalue weighted by Gasteiger charge is 2.19. The lowest BCUT2D eigenvalue weighted by Gasteiger charge is -2.13. The summed E-state index contributed by atoms with van der Waals surface area (Å²) in [6.07, 6.45) is 3.29. The monoisotopic (exact) mass is 434 g/mol. The van der Waals surface area contributed by atoms with Crippen LogP contribution in [0, 0.1) is 0 Å². The zero-order valence-electron chi connectivity index (χ0n) is 18.3. The number of aromatic nitrogens is 4. The van der Waals surface area contributed by atoms with E-state index in [9.17, 15) is 0 Å². The molecule has 4 rings (SSSR count). The highest BCUT2D eigenvalue weighted by Crippen LogP contribution is 2.34. The van der Waals surface area contributed by atoms with E-state index in [2.05, 4.69) is 15.3 Å². The van der Waals surface area contributed by atoms with Gasteiger partial charge in [-0.15, -0.1) is 0 Å². The molecule has 1 aromatic carbocycles. The smallest absolute Gasteiger partial charge is 0.164 e. The van der Waals surface area contributed by atoms with Crippen LogP contribution in [-0.4, -0.2) is 46.6 Å². The van der Waals surface area contributed by atoms with Gasteiger partial charge in [-0.1, -0.05) is 12.1 Å². The van der Waals surface area contributed by atoms with Crippen molar-refractivity contribution in [2.45, 2.75) is 19.5 Å². The summed E-state index contributed by atoms with van der Waals surface area (Å²) in [7, 11) is 3.32. The average molecular weight is 435 g/mol. The van der Waals surface area contributed by atoms with Gasteiger partial charge in [-0.05, 0) is 36.8 Å². The highest BCUT2D eigenvalue weighted by molar-refractivity contribution is 5.93. The summed E-state index contributed by atoms with van der Waals surface area (Å²) in [6.45, 7) is 3.10. The first-order valence-electron chi connectivity index (χ1n) is 10.2. The van der Waals surface area contributed by atoms with Gasteiger partial charge in [0.2, 0.25) is 0 Å². The molecule has 32 heavy (non-hydrogen) atoms. The molecule has 1 atom stereocenters. The molecule has 4 aromatic rings. The maximum Gasteiger partial charge on any atom is 0.164 e. The van der Waals surface area contributed by atoms with Gasteiger partial charge >= 0.3 is 0 Å². The molecule has 0 aliphatic heterocycles. The van der Waals surface area contributed by atoms with E-state index in [-0.39, 0.29) is 6.04 Å². The molecular formula is C23H26N6O3. The number of fused-ring (bicyclic) bond motifs is 1. The van der Waals surface area contributed by atoms with Gasteiger partial charge in [0.25, 0.3) is 0 Å². The molecule has 3 heterocycles. The summed E-state index contributed by atoms with van der Waals surface area (Å²) in [4.78, 5) is 8.69. The zero-order chi connectivity index (χ0) is 22.5. The minimum atomic E-state index is 0.0405. The number of anilines is 2. The Morgan fingerprint density at radius 1 is 1.03 bits per heavy atom. The maximum atomic E-state index is 6.12. The lowest BCUT2D eigenvalue weighted by Crippen LogP contribution is -2.21. The van der Waals surface area contributed by atoms with Crippen LogP contribution in [0.4, 0.5) is 11.6 Å². The maximum absolute atomic E-state index is 6.12. The fraction of sp³-hybridized carbons (Fsp3) is 0.261. The number of hydrogen-bond acceptors (Lipinski definition) is 8. The van der Waals surface area contributed by atoms with Gasteiger partial charge in [0.1, 0.15) is 28.5 Å². The largest absolute Gasteiger partial charge is 0.497 e. The molecule has 3 N–H and O–H groups in total. The molecule has 0 radical (unpaired) electrons. The second kappa shape index (κ2) is 9.52. The molecule has 0 saturated carbocycles. The van der Waals surface area contributed by atoms with Crippen molar-refractivity contribution >= 4 is 22.7 Å². The number of nitrogen functional groups attached to an aromatic ring is 1. The molecule has 1 unspecified atom stereocenters. The van der Waals surface area contributed by atoms with Crippen LogP contribution >= 0.6 is 0 Å². The highest BCUT2D eigenvalue weighted by atomic mass is 16.5. The summed E-state index contributed by atoms with van der Waals surface area (Å²) < 4.78 is 18.5. The Labute approximate surface area is 186 Å². The Morgan fingerprint density at radius 3 is 2.50 bits per heavy atom. The summed E-state index contributed by atoms with van der Waals surface area (Å²) in [6, 6.07) is 13.2. The van der Waals surface area contributed by atoms with Gasteiger partial charge in [-0.25, -0.2) is 14.6 Å². The third kappa shape index (κ3) is 4.73. The number of nitrogens with one attached hydrogen (secondary N) is 1. The van der Waals surface area contributed by atoms with Crippen molar-refractivity contribution < 1.29 is 14.2 Å². The minimum Gasteiger partial charge on any atom is -0.497 e. The van der Waals surface area contributed by atoms with Crippen LogP contribution in [0.2, 0.25) is 0 Å². The third-order valence-corrected chi connectivity index (χ3v) is 4.87. The molecule has 166 valence electrons. The van der Waals surface area contributed by atoms with E-state index in [1.54, 1.807) is 38.7 Å². The topological polar surface area (TPSA) is 109 Å². The van der Waals surface area contributed by atoms with Gasteiger partial charge in [0, 0.05) is 25.4 Å². The van der Waals surface area contributed by atoms with Crippen molar-refractivity contribution in [1.82, 2.24) is 19.7 Å². The molecule has 0 aliphatic rings. The number of ether oxygens (including phenoxy) is 3. The number of nitrogens with zero attached hydrogens (tertiary/aromatic N) is 4. The van der Waals surface area contributed by atoms with E-state index in [0.29, 0.717) is 41.9 Å². The SMILES string of the molecule is COCC(C)Nc1nn(Cc2ccc(OC)cc2)c2nccc(Oc3ccc(N)nc3)c12. The van der Waals surface area contributed by atoms with E-state index in [0.717, 1.165) is 16.7 Å². The van der Waals surface area contributed by atoms with Crippen LogP contribution < -0.4 is 20.5 Å². The summed E-state index contributed by atoms with van der Waals surface area (Å²) in [5.74, 6) is 3.10. The van der Waals surface area contributed by atoms with Gasteiger partial charge in [0.15, 0.2) is 11.5 Å². The molecule has 3 aromatic heterocycles. The predicted molar refractivity (Wildman–Crippen MR) is 123 cm³/mol. The average Bonchev–Trinajstić information content (AvgIpc) is 3.14. The molecule has 0 bridgehead atoms. The second-order valence-electron chi connectivity index (χ2n) is 7.38. The van der Waals surface area contributed by atoms with Crippen LogP contribution in [-0.2, 0) is 11.3 Å². The molecule has 0 spiro atoms. The molecule has 9 nitrogen and oxygen atoms in total. The Morgan fingerprint density at radius 2 is 1.81 bits per heavy atom. The Hall–Kier alpha value is -3.85. The van der Waals surface area contributed by atoms with E-state index >= 15 is 0 Å². The third-order valence-electron chi connectivity index (χ3n) is 4.87. The molecule has 0 fully saturated rings. The second-order valence-corrected chi connectivity index (χ2v) is 7.38. The van der Waals surface area contributed by atoms with E-state index in [1.165, 1.54) is 0 Å². The molecule has 0 saturated heterocycles. The van der Waals surface area contributed by atoms with Crippen molar-refractivity contribution in [2.24, 2.45) is 0 Å². The summed E-state index contributed by atoms with van der Waals surface area (Å²) in [5, 5.41) is 9.00. The first kappa shape index (κ1) is 21.4. The van der Waals surface area contributed by atoms with Gasteiger partial charge < -0.3 is 25.3 Å². The quantitative estimate of drug-likeness (QED) is 0.410. The number of pyridine rings is 2. The standard InChI is InChI=1S/C23H26N6O3/c1-15(14-30-2)27-22-21-19(32-18-8-9-20(24)26-12-18)10-11-25-23(21)29(28-22)13-16-4-6-17(31-3)7-5-16/h4-12,15H,13-14H2,1-3H3,(H2,24,26)(H,27,28). The van der Waals surface area contributed by atoms with E-state index in [1.807, 2.05) is 41.9 Å². The summed E-state index contributed by atoms with van der Waals surface area (Å²) in [5.41, 5.74) is 7.47. The number of nitrogens with two attached hydrogens (primary N) is 1. The molecule has 0 amide bonds. The first-order chi connectivity index (χ1) is 15.6. The van der Waals surface area contributed by atoms with Gasteiger partial charge in [-0.3, -0.25) is 0 Å². The lowest BCUT2D eigenvalue weighted by molar-refractivity contribution is 0.190. The van der Waals surface area contributed by atoms with Crippen molar-refractivity contribution in [3.63, 3.8) is 0 Å². The molecule has 0 aliphatic carbocycles. The van der Waals surface area contributed by atoms with Crippen LogP contribution in [0.15, 0.2) is 54.9 Å². The van der Waals surface area contributed by atoms with Crippen LogP contribution in [0.3, 0.4) is 0 Å². The van der Waals surface area contributed by atoms with Crippen LogP contribution in [0.25, 0.3) is 11.0 Å². The number of benzene rings is 1. The minimum absolute atomic E-state index is 0.0405. The fourth-order valence-electron chi connectivity index (χ4n) is 3.37. The number of hydrogen-bond donors (Lipinski definition) is 2. The molecular weight excluding hydrogens is 408 g/mol. The van der Waals surface area contributed by atoms with E-state index < -0.39 is 0 Å². The van der Waals surface area contributed by atoms with Crippen LogP contribution in [0.1, 0.15) is 12.5 Å². The number of rotatable bonds is 9. The Kier molecular flexibility index (Phi) is 6.37. The predicted octanol–water partition coefficient (Wildman–Crippen LogP) is 3.70. The zero-order valence-corrected chi connectivity index (χ0v) is 18.3. The van der Waals surface area contributed by atoms with Gasteiger partial charge in [-0.2, -0.15) is 5.10 Å². The van der Waals surface area contributed by atoms with Crippen molar-refractivity contribution in [2.75, 3.05) is 31.9 Å². The van der Waals surface area contributed by atoms with Crippen molar-refractivity contribution in [3.8, 4) is 17.2 Å². The first-order valence-corrected chi connectivity index (χ1v) is 10.2. The Balaban J connectivity index is 1.74. The molecule has 9 heteroatoms.